The molecule has 22 heavy (non-hydrogen) atoms. The summed E-state index contributed by atoms with van der Waals surface area (Å²) in [6.07, 6.45) is 0. The van der Waals surface area contributed by atoms with E-state index in [0.717, 1.165) is 0 Å². The number of rotatable bonds is 4. The molecule has 1 saturated heterocycles. The van der Waals surface area contributed by atoms with Crippen molar-refractivity contribution in [3.05, 3.63) is 35.4 Å². The molecule has 2 rings (SSSR count). The van der Waals surface area contributed by atoms with Crippen molar-refractivity contribution in [1.29, 1.82) is 0 Å². The zero-order valence-electron chi connectivity index (χ0n) is 13.4. The van der Waals surface area contributed by atoms with Gasteiger partial charge in [-0.25, -0.2) is 8.42 Å². The summed E-state index contributed by atoms with van der Waals surface area (Å²) in [4.78, 5) is 14.2. The van der Waals surface area contributed by atoms with Gasteiger partial charge in [0.1, 0.15) is 0 Å². The lowest BCUT2D eigenvalue weighted by atomic mass is 10.0. The van der Waals surface area contributed by atoms with Crippen LogP contribution in [0.2, 0.25) is 0 Å². The Kier molecular flexibility index (Phi) is 5.24. The van der Waals surface area contributed by atoms with Crippen molar-refractivity contribution < 1.29 is 13.2 Å². The van der Waals surface area contributed by atoms with Gasteiger partial charge in [-0.3, -0.25) is 4.79 Å². The van der Waals surface area contributed by atoms with Gasteiger partial charge < -0.3 is 4.90 Å². The van der Waals surface area contributed by atoms with Crippen LogP contribution in [0.4, 0.5) is 0 Å². The summed E-state index contributed by atoms with van der Waals surface area (Å²) in [5, 5.41) is 0. The summed E-state index contributed by atoms with van der Waals surface area (Å²) in [6, 6.07) is 7.67. The highest BCUT2D eigenvalue weighted by molar-refractivity contribution is 7.89. The van der Waals surface area contributed by atoms with E-state index in [-0.39, 0.29) is 11.7 Å². The lowest BCUT2D eigenvalue weighted by Gasteiger charge is -2.33. The summed E-state index contributed by atoms with van der Waals surface area (Å²) in [7, 11) is -3.15. The van der Waals surface area contributed by atoms with E-state index < -0.39 is 10.0 Å². The van der Waals surface area contributed by atoms with E-state index in [0.29, 0.717) is 37.7 Å². The largest absolute Gasteiger partial charge is 0.336 e. The van der Waals surface area contributed by atoms with Crippen LogP contribution in [0.1, 0.15) is 42.6 Å². The second kappa shape index (κ2) is 6.79. The fraction of sp³-hybridized carbons (Fsp3) is 0.562. The van der Waals surface area contributed by atoms with Crippen molar-refractivity contribution in [3.8, 4) is 0 Å². The molecule has 0 unspecified atom stereocenters. The molecule has 0 atom stereocenters. The van der Waals surface area contributed by atoms with E-state index in [1.807, 2.05) is 24.3 Å². The van der Waals surface area contributed by atoms with Crippen molar-refractivity contribution in [3.63, 3.8) is 0 Å². The van der Waals surface area contributed by atoms with Crippen LogP contribution in [0.5, 0.6) is 0 Å². The molecular weight excluding hydrogens is 300 g/mol. The van der Waals surface area contributed by atoms with Crippen molar-refractivity contribution in [2.75, 3.05) is 31.9 Å². The Hall–Kier alpha value is -1.40. The number of hydrogen-bond acceptors (Lipinski definition) is 3. The first-order chi connectivity index (χ1) is 10.3. The molecule has 5 nitrogen and oxygen atoms in total. The van der Waals surface area contributed by atoms with Crippen LogP contribution in [0.3, 0.4) is 0 Å². The Balaban J connectivity index is 2.00. The summed E-state index contributed by atoms with van der Waals surface area (Å²) in [5.74, 6) is 0.522. The van der Waals surface area contributed by atoms with Crippen LogP contribution in [-0.2, 0) is 10.0 Å². The minimum absolute atomic E-state index is 0.0242. The number of benzene rings is 1. The quantitative estimate of drug-likeness (QED) is 0.850. The first kappa shape index (κ1) is 17.0. The highest BCUT2D eigenvalue weighted by atomic mass is 32.2. The van der Waals surface area contributed by atoms with Crippen molar-refractivity contribution in [2.45, 2.75) is 26.7 Å². The monoisotopic (exact) mass is 324 g/mol. The first-order valence-electron chi connectivity index (χ1n) is 7.72. The zero-order chi connectivity index (χ0) is 16.3. The summed E-state index contributed by atoms with van der Waals surface area (Å²) in [5.41, 5.74) is 1.87. The molecule has 0 bridgehead atoms. The van der Waals surface area contributed by atoms with Crippen molar-refractivity contribution in [2.24, 2.45) is 0 Å². The molecule has 0 aliphatic carbocycles. The van der Waals surface area contributed by atoms with Crippen LogP contribution in [0.25, 0.3) is 0 Å². The minimum atomic E-state index is -3.15. The number of hydrogen-bond donors (Lipinski definition) is 0. The molecule has 0 N–H and O–H groups in total. The number of piperazine rings is 1. The topological polar surface area (TPSA) is 57.7 Å². The minimum Gasteiger partial charge on any atom is -0.336 e. The molecule has 1 amide bonds. The maximum Gasteiger partial charge on any atom is 0.253 e. The van der Waals surface area contributed by atoms with E-state index in [2.05, 4.69) is 13.8 Å². The molecule has 1 heterocycles. The van der Waals surface area contributed by atoms with Crippen LogP contribution in [-0.4, -0.2) is 55.5 Å². The Bertz CT molecular complexity index is 615. The Morgan fingerprint density at radius 3 is 2.09 bits per heavy atom. The molecular formula is C16H24N2O3S. The maximum atomic E-state index is 12.5. The second-order valence-electron chi connectivity index (χ2n) is 5.87. The van der Waals surface area contributed by atoms with Gasteiger partial charge >= 0.3 is 0 Å². The molecule has 0 radical (unpaired) electrons. The second-order valence-corrected chi connectivity index (χ2v) is 8.13. The lowest BCUT2D eigenvalue weighted by Crippen LogP contribution is -2.50. The van der Waals surface area contributed by atoms with Crippen molar-refractivity contribution in [1.82, 2.24) is 9.21 Å². The molecule has 0 spiro atoms. The van der Waals surface area contributed by atoms with Gasteiger partial charge in [0.2, 0.25) is 10.0 Å². The van der Waals surface area contributed by atoms with Gasteiger partial charge in [-0.15, -0.1) is 0 Å². The molecule has 6 heteroatoms. The van der Waals surface area contributed by atoms with Crippen LogP contribution >= 0.6 is 0 Å². The summed E-state index contributed by atoms with van der Waals surface area (Å²) < 4.78 is 25.1. The first-order valence-corrected chi connectivity index (χ1v) is 9.33. The van der Waals surface area contributed by atoms with Gasteiger partial charge in [0, 0.05) is 31.7 Å². The van der Waals surface area contributed by atoms with Gasteiger partial charge in [-0.2, -0.15) is 4.31 Å². The summed E-state index contributed by atoms with van der Waals surface area (Å²) in [6.45, 7) is 7.53. The fourth-order valence-electron chi connectivity index (χ4n) is 2.55. The van der Waals surface area contributed by atoms with Crippen LogP contribution in [0.15, 0.2) is 24.3 Å². The Morgan fingerprint density at radius 1 is 1.09 bits per heavy atom. The number of sulfonamides is 1. The highest BCUT2D eigenvalue weighted by Crippen LogP contribution is 2.17. The third-order valence-corrected chi connectivity index (χ3v) is 5.99. The highest BCUT2D eigenvalue weighted by Gasteiger charge is 2.27. The molecule has 1 aromatic carbocycles. The smallest absolute Gasteiger partial charge is 0.253 e. The van der Waals surface area contributed by atoms with Gasteiger partial charge in [0.05, 0.1) is 5.75 Å². The number of carbonyl (C=O) groups excluding carboxylic acids is 1. The number of carbonyl (C=O) groups is 1. The van der Waals surface area contributed by atoms with E-state index in [1.165, 1.54) is 9.87 Å². The Morgan fingerprint density at radius 2 is 1.64 bits per heavy atom. The SMILES string of the molecule is CCS(=O)(=O)N1CCN(C(=O)c2ccc(C(C)C)cc2)CC1. The summed E-state index contributed by atoms with van der Waals surface area (Å²) >= 11 is 0. The average molecular weight is 324 g/mol. The van der Waals surface area contributed by atoms with E-state index in [9.17, 15) is 13.2 Å². The zero-order valence-corrected chi connectivity index (χ0v) is 14.3. The van der Waals surface area contributed by atoms with Crippen molar-refractivity contribution >= 4 is 15.9 Å². The number of nitrogens with zero attached hydrogens (tertiary/aromatic N) is 2. The predicted molar refractivity (Wildman–Crippen MR) is 87.5 cm³/mol. The average Bonchev–Trinajstić information content (AvgIpc) is 2.54. The molecule has 1 aliphatic rings. The fourth-order valence-corrected chi connectivity index (χ4v) is 3.63. The van der Waals surface area contributed by atoms with Gasteiger partial charge in [-0.1, -0.05) is 26.0 Å². The third-order valence-electron chi connectivity index (χ3n) is 4.11. The predicted octanol–water partition coefficient (Wildman–Crippen LogP) is 1.92. The van der Waals surface area contributed by atoms with E-state index in [4.69, 9.17) is 0 Å². The van der Waals surface area contributed by atoms with Crippen LogP contribution in [0, 0.1) is 0 Å². The third kappa shape index (κ3) is 3.67. The normalized spacial score (nSPS) is 17.0. The van der Waals surface area contributed by atoms with E-state index in [1.54, 1.807) is 11.8 Å². The molecule has 0 saturated carbocycles. The Labute approximate surface area is 133 Å². The molecule has 1 aromatic rings. The molecule has 1 fully saturated rings. The standard InChI is InChI=1S/C16H24N2O3S/c1-4-22(20,21)18-11-9-17(10-12-18)16(19)15-7-5-14(6-8-15)13(2)3/h5-8,13H,4,9-12H2,1-3H3. The van der Waals surface area contributed by atoms with Gasteiger partial charge in [0.15, 0.2) is 0 Å². The molecule has 0 aromatic heterocycles. The maximum absolute atomic E-state index is 12.5. The van der Waals surface area contributed by atoms with Gasteiger partial charge in [-0.05, 0) is 30.5 Å². The lowest BCUT2D eigenvalue weighted by molar-refractivity contribution is 0.0698. The molecule has 1 aliphatic heterocycles. The van der Waals surface area contributed by atoms with Gasteiger partial charge in [0.25, 0.3) is 5.91 Å². The molecule has 122 valence electrons. The van der Waals surface area contributed by atoms with E-state index >= 15 is 0 Å². The number of amides is 1. The van der Waals surface area contributed by atoms with Crippen LogP contribution < -0.4 is 0 Å².